The SMILES string of the molecule is Cn1cc2c(n1)C(C)(C)[C@@H]1CC[C@]3(C)[C@H](CC=C4[C@@H]5CC(C)(C)CC[C@]5(C(=O)OCc5ccccc5)CC[C@]43C)[C@@]1(C)C2. The summed E-state index contributed by atoms with van der Waals surface area (Å²) in [5.41, 5.74) is 5.94. The Balaban J connectivity index is 1.27. The summed E-state index contributed by atoms with van der Waals surface area (Å²) in [6, 6.07) is 10.2. The van der Waals surface area contributed by atoms with Gasteiger partial charge in [-0.1, -0.05) is 90.4 Å². The van der Waals surface area contributed by atoms with Crippen LogP contribution in [0.4, 0.5) is 0 Å². The van der Waals surface area contributed by atoms with Crippen LogP contribution in [0.15, 0.2) is 48.2 Å². The summed E-state index contributed by atoms with van der Waals surface area (Å²) in [4.78, 5) is 14.3. The molecule has 0 N–H and O–H groups in total. The maximum absolute atomic E-state index is 14.3. The third-order valence-corrected chi connectivity index (χ3v) is 14.5. The van der Waals surface area contributed by atoms with Crippen LogP contribution in [0.2, 0.25) is 0 Å². The van der Waals surface area contributed by atoms with Crippen molar-refractivity contribution in [2.75, 3.05) is 0 Å². The van der Waals surface area contributed by atoms with Gasteiger partial charge in [0.05, 0.1) is 11.1 Å². The predicted molar refractivity (Wildman–Crippen MR) is 172 cm³/mol. The molecular formula is C39H54N2O2. The van der Waals surface area contributed by atoms with E-state index in [4.69, 9.17) is 9.84 Å². The molecule has 1 aromatic carbocycles. The van der Waals surface area contributed by atoms with Gasteiger partial charge in [0.25, 0.3) is 0 Å². The Morgan fingerprint density at radius 1 is 0.953 bits per heavy atom. The van der Waals surface area contributed by atoms with Crippen LogP contribution >= 0.6 is 0 Å². The lowest BCUT2D eigenvalue weighted by atomic mass is 9.33. The molecule has 3 fully saturated rings. The van der Waals surface area contributed by atoms with E-state index in [-0.39, 0.29) is 39.0 Å². The first-order chi connectivity index (χ1) is 20.2. The topological polar surface area (TPSA) is 44.1 Å². The fourth-order valence-corrected chi connectivity index (χ4v) is 12.1. The summed E-state index contributed by atoms with van der Waals surface area (Å²) in [5, 5.41) is 5.00. The lowest BCUT2D eigenvalue weighted by Crippen LogP contribution is -2.64. The second kappa shape index (κ2) is 9.33. The molecule has 43 heavy (non-hydrogen) atoms. The van der Waals surface area contributed by atoms with E-state index >= 15 is 0 Å². The maximum atomic E-state index is 14.3. The van der Waals surface area contributed by atoms with Gasteiger partial charge in [-0.15, -0.1) is 0 Å². The Kier molecular flexibility index (Phi) is 6.37. The molecule has 3 saturated carbocycles. The Morgan fingerprint density at radius 3 is 2.42 bits per heavy atom. The van der Waals surface area contributed by atoms with Crippen LogP contribution < -0.4 is 0 Å². The molecule has 4 nitrogen and oxygen atoms in total. The van der Waals surface area contributed by atoms with Gasteiger partial charge in [-0.3, -0.25) is 9.48 Å². The quantitative estimate of drug-likeness (QED) is 0.268. The number of hydrogen-bond donors (Lipinski definition) is 0. The van der Waals surface area contributed by atoms with E-state index in [1.54, 1.807) is 5.57 Å². The van der Waals surface area contributed by atoms with Crippen LogP contribution in [0.25, 0.3) is 0 Å². The number of nitrogens with zero attached hydrogens (tertiary/aromatic N) is 2. The molecule has 1 heterocycles. The van der Waals surface area contributed by atoms with Crippen molar-refractivity contribution in [2.24, 2.45) is 51.9 Å². The van der Waals surface area contributed by atoms with Crippen molar-refractivity contribution in [1.82, 2.24) is 9.78 Å². The van der Waals surface area contributed by atoms with E-state index in [1.165, 1.54) is 24.1 Å². The van der Waals surface area contributed by atoms with Gasteiger partial charge in [-0.2, -0.15) is 5.10 Å². The van der Waals surface area contributed by atoms with Gasteiger partial charge in [0, 0.05) is 18.7 Å². The van der Waals surface area contributed by atoms with E-state index < -0.39 is 5.41 Å². The Morgan fingerprint density at radius 2 is 1.67 bits per heavy atom. The van der Waals surface area contributed by atoms with Crippen LogP contribution in [0.1, 0.15) is 117 Å². The highest BCUT2D eigenvalue weighted by Gasteiger charge is 2.69. The van der Waals surface area contributed by atoms with Gasteiger partial charge in [0.1, 0.15) is 6.61 Å². The lowest BCUT2D eigenvalue weighted by molar-refractivity contribution is -0.182. The van der Waals surface area contributed by atoms with Crippen LogP contribution in [-0.4, -0.2) is 15.7 Å². The van der Waals surface area contributed by atoms with Crippen molar-refractivity contribution in [1.29, 1.82) is 0 Å². The zero-order valence-corrected chi connectivity index (χ0v) is 28.1. The minimum absolute atomic E-state index is 0.0564. The highest BCUT2D eigenvalue weighted by atomic mass is 16.5. The van der Waals surface area contributed by atoms with Crippen molar-refractivity contribution >= 4 is 5.97 Å². The van der Waals surface area contributed by atoms with Gasteiger partial charge in [0.15, 0.2) is 0 Å². The molecule has 5 aliphatic carbocycles. The first kappa shape index (κ1) is 29.4. The predicted octanol–water partition coefficient (Wildman–Crippen LogP) is 8.98. The van der Waals surface area contributed by atoms with Crippen LogP contribution in [0.3, 0.4) is 0 Å². The van der Waals surface area contributed by atoms with Crippen LogP contribution in [-0.2, 0) is 35.0 Å². The van der Waals surface area contributed by atoms with Crippen LogP contribution in [0.5, 0.6) is 0 Å². The third kappa shape index (κ3) is 3.99. The molecule has 0 spiro atoms. The Labute approximate surface area is 260 Å². The number of carbonyl (C=O) groups is 1. The number of ether oxygens (including phenoxy) is 1. The third-order valence-electron chi connectivity index (χ3n) is 14.5. The molecular weight excluding hydrogens is 528 g/mol. The molecule has 0 amide bonds. The lowest BCUT2D eigenvalue weighted by Gasteiger charge is -2.70. The van der Waals surface area contributed by atoms with Crippen molar-refractivity contribution < 1.29 is 9.53 Å². The first-order valence-corrected chi connectivity index (χ1v) is 17.1. The highest BCUT2D eigenvalue weighted by Crippen LogP contribution is 2.75. The average Bonchev–Trinajstić information content (AvgIpc) is 3.32. The minimum Gasteiger partial charge on any atom is -0.460 e. The summed E-state index contributed by atoms with van der Waals surface area (Å²) in [5.74, 6) is 1.58. The number of carbonyl (C=O) groups excluding carboxylic acids is 1. The summed E-state index contributed by atoms with van der Waals surface area (Å²) in [6.07, 6.45) is 14.9. The molecule has 7 atom stereocenters. The summed E-state index contributed by atoms with van der Waals surface area (Å²) in [6.45, 7) is 18.1. The average molecular weight is 583 g/mol. The number of fused-ring (bicyclic) bond motifs is 8. The number of hydrogen-bond acceptors (Lipinski definition) is 3. The zero-order valence-electron chi connectivity index (χ0n) is 28.1. The fraction of sp³-hybridized carbons (Fsp3) is 0.692. The van der Waals surface area contributed by atoms with Gasteiger partial charge in [-0.25, -0.2) is 0 Å². The second-order valence-electron chi connectivity index (χ2n) is 17.5. The molecule has 0 saturated heterocycles. The fourth-order valence-electron chi connectivity index (χ4n) is 12.1. The number of benzene rings is 1. The normalized spacial score (nSPS) is 40.6. The van der Waals surface area contributed by atoms with Crippen LogP contribution in [0, 0.1) is 44.8 Å². The van der Waals surface area contributed by atoms with E-state index in [1.807, 2.05) is 18.2 Å². The number of aromatic nitrogens is 2. The standard InChI is InChI=1S/C39H54N2O2/c1-34(2)18-20-39(33(42)43-25-26-12-10-9-11-13-26)21-19-37(6)28(29(39)23-34)14-15-31-36(5)22-27-24-41(8)40-32(27)35(3,4)30(36)16-17-38(31,37)7/h9-14,24,29-31H,15-23,25H2,1-8H3/t29-,30-,31+,36-,37+,38+,39-/m0/s1. The van der Waals surface area contributed by atoms with E-state index in [9.17, 15) is 4.79 Å². The number of aryl methyl sites for hydroxylation is 1. The number of allylic oxidation sites excluding steroid dienone is 2. The van der Waals surface area contributed by atoms with E-state index in [0.29, 0.717) is 18.4 Å². The Hall–Kier alpha value is -2.36. The highest BCUT2D eigenvalue weighted by molar-refractivity contribution is 5.79. The molecule has 2 aromatic rings. The first-order valence-electron chi connectivity index (χ1n) is 17.1. The zero-order chi connectivity index (χ0) is 30.6. The van der Waals surface area contributed by atoms with Crippen molar-refractivity contribution in [3.05, 3.63) is 65.0 Å². The largest absolute Gasteiger partial charge is 0.460 e. The number of esters is 1. The Bertz CT molecular complexity index is 1470. The molecule has 0 bridgehead atoms. The molecule has 0 radical (unpaired) electrons. The second-order valence-corrected chi connectivity index (χ2v) is 17.5. The van der Waals surface area contributed by atoms with Gasteiger partial charge in [-0.05, 0) is 108 Å². The van der Waals surface area contributed by atoms with Gasteiger partial charge < -0.3 is 4.74 Å². The molecule has 7 rings (SSSR count). The number of rotatable bonds is 3. The minimum atomic E-state index is -0.391. The van der Waals surface area contributed by atoms with E-state index in [2.05, 4.69) is 84.6 Å². The molecule has 5 aliphatic rings. The molecule has 0 aliphatic heterocycles. The smallest absolute Gasteiger partial charge is 0.313 e. The van der Waals surface area contributed by atoms with Gasteiger partial charge >= 0.3 is 5.97 Å². The molecule has 1 aromatic heterocycles. The summed E-state index contributed by atoms with van der Waals surface area (Å²) in [7, 11) is 2.09. The molecule has 4 heteroatoms. The van der Waals surface area contributed by atoms with Crippen molar-refractivity contribution in [2.45, 2.75) is 118 Å². The maximum Gasteiger partial charge on any atom is 0.313 e. The molecule has 0 unspecified atom stereocenters. The van der Waals surface area contributed by atoms with Crippen molar-refractivity contribution in [3.8, 4) is 0 Å². The summed E-state index contributed by atoms with van der Waals surface area (Å²) >= 11 is 0. The monoisotopic (exact) mass is 582 g/mol. The van der Waals surface area contributed by atoms with E-state index in [0.717, 1.165) is 50.5 Å². The summed E-state index contributed by atoms with van der Waals surface area (Å²) < 4.78 is 8.26. The molecule has 232 valence electrons. The van der Waals surface area contributed by atoms with Crippen molar-refractivity contribution in [3.63, 3.8) is 0 Å². The van der Waals surface area contributed by atoms with Gasteiger partial charge in [0.2, 0.25) is 0 Å².